The topological polar surface area (TPSA) is 76.1 Å². The lowest BCUT2D eigenvalue weighted by atomic mass is 9.85. The highest BCUT2D eigenvalue weighted by atomic mass is 19.3. The van der Waals surface area contributed by atoms with E-state index < -0.39 is 17.7 Å². The maximum atomic E-state index is 13.7. The van der Waals surface area contributed by atoms with Gasteiger partial charge in [0.15, 0.2) is 0 Å². The summed E-state index contributed by atoms with van der Waals surface area (Å²) >= 11 is 0. The van der Waals surface area contributed by atoms with Crippen LogP contribution >= 0.6 is 0 Å². The number of carbonyl (C=O) groups is 2. The van der Waals surface area contributed by atoms with Crippen LogP contribution in [0.2, 0.25) is 0 Å². The summed E-state index contributed by atoms with van der Waals surface area (Å²) in [6.45, 7) is 5.59. The Balaban J connectivity index is 1.14. The quantitative estimate of drug-likeness (QED) is 0.371. The molecule has 5 fully saturated rings. The third-order valence-corrected chi connectivity index (χ3v) is 10.4. The van der Waals surface area contributed by atoms with Crippen LogP contribution in [0.4, 0.5) is 13.6 Å². The standard InChI is InChI=1S/C29H40F2N4O3/c1-3-33-25(37)28(35(4-2)26(33)38)17-23-27(18-28)16-22(27)34(23)15-12-21(19-8-6-5-7-9-19)32-24(36)20-10-13-29(30,31)14-11-20/h5-9,20-24,32,36H,3-4,10-18H2,1-2H3/t21-,22?,23?,24?,27?,28?/m0/s1. The Labute approximate surface area is 223 Å². The molecule has 38 heavy (non-hydrogen) atoms. The van der Waals surface area contributed by atoms with Crippen LogP contribution in [0.15, 0.2) is 30.3 Å². The second-order valence-corrected chi connectivity index (χ2v) is 12.3. The van der Waals surface area contributed by atoms with E-state index in [4.69, 9.17) is 0 Å². The monoisotopic (exact) mass is 530 g/mol. The lowest BCUT2D eigenvalue weighted by molar-refractivity contribution is -0.133. The van der Waals surface area contributed by atoms with Crippen molar-refractivity contribution in [3.8, 4) is 0 Å². The van der Waals surface area contributed by atoms with Crippen molar-refractivity contribution in [2.45, 2.75) is 101 Å². The van der Waals surface area contributed by atoms with E-state index in [0.29, 0.717) is 38.4 Å². The predicted octanol–water partition coefficient (Wildman–Crippen LogP) is 4.13. The van der Waals surface area contributed by atoms with Gasteiger partial charge in [0.2, 0.25) is 5.92 Å². The fourth-order valence-electron chi connectivity index (χ4n) is 8.35. The zero-order chi connectivity index (χ0) is 26.9. The number of imide groups is 1. The number of amides is 3. The van der Waals surface area contributed by atoms with Gasteiger partial charge in [-0.2, -0.15) is 0 Å². The van der Waals surface area contributed by atoms with Crippen molar-refractivity contribution < 1.29 is 23.5 Å². The first-order valence-electron chi connectivity index (χ1n) is 14.4. The molecule has 3 aliphatic carbocycles. The van der Waals surface area contributed by atoms with E-state index in [2.05, 4.69) is 10.2 Å². The number of nitrogens with one attached hydrogen (secondary N) is 1. The molecule has 208 valence electrons. The van der Waals surface area contributed by atoms with Gasteiger partial charge in [-0.25, -0.2) is 13.6 Å². The molecule has 2 aliphatic heterocycles. The van der Waals surface area contributed by atoms with Crippen LogP contribution in [0.5, 0.6) is 0 Å². The second kappa shape index (κ2) is 9.24. The number of hydrogen-bond donors (Lipinski definition) is 2. The van der Waals surface area contributed by atoms with E-state index in [1.165, 1.54) is 4.90 Å². The minimum atomic E-state index is -2.62. The summed E-state index contributed by atoms with van der Waals surface area (Å²) in [7, 11) is 0. The van der Waals surface area contributed by atoms with Crippen molar-refractivity contribution >= 4 is 11.9 Å². The fourth-order valence-corrected chi connectivity index (χ4v) is 8.35. The van der Waals surface area contributed by atoms with Gasteiger partial charge < -0.3 is 10.0 Å². The minimum Gasteiger partial charge on any atom is -0.378 e. The molecule has 5 unspecified atom stereocenters. The smallest absolute Gasteiger partial charge is 0.327 e. The molecular formula is C29H40F2N4O3. The Kier molecular flexibility index (Phi) is 6.35. The van der Waals surface area contributed by atoms with Gasteiger partial charge in [-0.3, -0.25) is 19.9 Å². The Morgan fingerprint density at radius 2 is 1.74 bits per heavy atom. The van der Waals surface area contributed by atoms with Crippen molar-refractivity contribution in [3.63, 3.8) is 0 Å². The number of rotatable bonds is 9. The second-order valence-electron chi connectivity index (χ2n) is 12.3. The molecule has 7 nitrogen and oxygen atoms in total. The lowest BCUT2D eigenvalue weighted by Gasteiger charge is -2.44. The molecule has 9 heteroatoms. The molecule has 3 amide bonds. The largest absolute Gasteiger partial charge is 0.378 e. The summed E-state index contributed by atoms with van der Waals surface area (Å²) in [5, 5.41) is 14.4. The SMILES string of the molecule is CCN1C(=O)N(CC)C2(CC3N(CC[C@H](NC(O)C4CCC(F)(F)CC4)c4ccccc4)C4CC43C2)C1=O. The summed E-state index contributed by atoms with van der Waals surface area (Å²) in [5.41, 5.74) is 0.521. The van der Waals surface area contributed by atoms with Crippen LogP contribution in [-0.4, -0.2) is 81.2 Å². The predicted molar refractivity (Wildman–Crippen MR) is 138 cm³/mol. The molecule has 6 atom stereocenters. The van der Waals surface area contributed by atoms with Gasteiger partial charge in [0.1, 0.15) is 11.8 Å². The van der Waals surface area contributed by atoms with Crippen LogP contribution in [0, 0.1) is 11.3 Å². The summed E-state index contributed by atoms with van der Waals surface area (Å²) in [4.78, 5) is 32.2. The third kappa shape index (κ3) is 3.91. The number of hydrogen-bond acceptors (Lipinski definition) is 5. The summed E-state index contributed by atoms with van der Waals surface area (Å²) in [5.74, 6) is -2.82. The van der Waals surface area contributed by atoms with Crippen LogP contribution in [-0.2, 0) is 4.79 Å². The number of urea groups is 1. The first-order valence-corrected chi connectivity index (χ1v) is 14.4. The fraction of sp³-hybridized carbons (Fsp3) is 0.724. The number of alkyl halides is 2. The Morgan fingerprint density at radius 1 is 1.05 bits per heavy atom. The number of nitrogens with zero attached hydrogens (tertiary/aromatic N) is 3. The van der Waals surface area contributed by atoms with E-state index in [1.807, 2.05) is 49.1 Å². The normalized spacial score (nSPS) is 35.8. The van der Waals surface area contributed by atoms with Crippen molar-refractivity contribution in [3.05, 3.63) is 35.9 Å². The Hall–Kier alpha value is -2.10. The zero-order valence-electron chi connectivity index (χ0n) is 22.4. The average Bonchev–Trinajstić information content (AvgIpc) is 3.35. The van der Waals surface area contributed by atoms with Gasteiger partial charge in [-0.1, -0.05) is 30.3 Å². The maximum Gasteiger partial charge on any atom is 0.327 e. The first-order chi connectivity index (χ1) is 18.2. The Morgan fingerprint density at radius 3 is 2.39 bits per heavy atom. The van der Waals surface area contributed by atoms with Gasteiger partial charge in [-0.15, -0.1) is 0 Å². The molecular weight excluding hydrogens is 490 g/mol. The van der Waals surface area contributed by atoms with Crippen LogP contribution in [0.1, 0.15) is 76.8 Å². The molecule has 2 saturated heterocycles. The van der Waals surface area contributed by atoms with Crippen molar-refractivity contribution in [1.82, 2.24) is 20.0 Å². The molecule has 0 radical (unpaired) electrons. The lowest BCUT2D eigenvalue weighted by Crippen LogP contribution is -2.54. The van der Waals surface area contributed by atoms with Crippen molar-refractivity contribution in [2.75, 3.05) is 19.6 Å². The van der Waals surface area contributed by atoms with Gasteiger partial charge >= 0.3 is 6.03 Å². The third-order valence-electron chi connectivity index (χ3n) is 10.4. The number of likely N-dealkylation sites (N-methyl/N-ethyl adjacent to an activating group) is 2. The average molecular weight is 531 g/mol. The number of halogens is 2. The van der Waals surface area contributed by atoms with Crippen LogP contribution in [0.25, 0.3) is 0 Å². The van der Waals surface area contributed by atoms with E-state index >= 15 is 0 Å². The summed E-state index contributed by atoms with van der Waals surface area (Å²) in [6.07, 6.45) is 2.78. The first kappa shape index (κ1) is 26.1. The molecule has 0 bridgehead atoms. The molecule has 1 aromatic carbocycles. The van der Waals surface area contributed by atoms with Gasteiger partial charge in [0.05, 0.1) is 0 Å². The van der Waals surface area contributed by atoms with Gasteiger partial charge in [0, 0.05) is 56.0 Å². The molecule has 1 aromatic rings. The zero-order valence-corrected chi connectivity index (χ0v) is 22.4. The molecule has 0 aromatic heterocycles. The highest BCUT2D eigenvalue weighted by Crippen LogP contribution is 2.74. The molecule has 6 rings (SSSR count). The van der Waals surface area contributed by atoms with Crippen LogP contribution in [0.3, 0.4) is 0 Å². The summed E-state index contributed by atoms with van der Waals surface area (Å²) < 4.78 is 27.3. The van der Waals surface area contributed by atoms with E-state index in [9.17, 15) is 23.5 Å². The molecule has 2 heterocycles. The number of aliphatic hydroxyl groups is 1. The number of benzene rings is 1. The van der Waals surface area contributed by atoms with E-state index in [0.717, 1.165) is 31.4 Å². The molecule has 5 aliphatic rings. The molecule has 3 saturated carbocycles. The van der Waals surface area contributed by atoms with E-state index in [1.54, 1.807) is 0 Å². The Bertz CT molecular complexity index is 1080. The van der Waals surface area contributed by atoms with Crippen molar-refractivity contribution in [2.24, 2.45) is 11.3 Å². The maximum absolute atomic E-state index is 13.7. The van der Waals surface area contributed by atoms with Gasteiger partial charge in [-0.05, 0) is 63.9 Å². The van der Waals surface area contributed by atoms with Gasteiger partial charge in [0.25, 0.3) is 5.91 Å². The number of carbonyl (C=O) groups excluding carboxylic acids is 2. The summed E-state index contributed by atoms with van der Waals surface area (Å²) in [6, 6.07) is 10.5. The highest BCUT2D eigenvalue weighted by molar-refractivity contribution is 6.07. The van der Waals surface area contributed by atoms with Crippen molar-refractivity contribution in [1.29, 1.82) is 0 Å². The molecule has 2 N–H and O–H groups in total. The minimum absolute atomic E-state index is 0.0220. The van der Waals surface area contributed by atoms with E-state index in [-0.39, 0.29) is 48.2 Å². The molecule has 2 spiro atoms. The number of likely N-dealkylation sites (tertiary alicyclic amines) is 1. The highest BCUT2D eigenvalue weighted by Gasteiger charge is 2.81. The van der Waals surface area contributed by atoms with Crippen LogP contribution < -0.4 is 5.32 Å². The number of aliphatic hydroxyl groups excluding tert-OH is 1.